The molecule has 0 amide bonds. The average molecular weight is 452 g/mol. The molecular weight excluding hydrogens is 437 g/mol. The first kappa shape index (κ1) is 19.3. The lowest BCUT2D eigenvalue weighted by Gasteiger charge is -2.02. The van der Waals surface area contributed by atoms with Crippen LogP contribution < -0.4 is 5.73 Å². The molecule has 0 aliphatic heterocycles. The van der Waals surface area contributed by atoms with E-state index in [1.807, 2.05) is 6.07 Å². The van der Waals surface area contributed by atoms with Gasteiger partial charge < -0.3 is 5.73 Å². The van der Waals surface area contributed by atoms with Crippen LogP contribution in [0, 0.1) is 5.82 Å². The zero-order chi connectivity index (χ0) is 21.6. The van der Waals surface area contributed by atoms with Gasteiger partial charge in [-0.25, -0.2) is 22.8 Å². The van der Waals surface area contributed by atoms with Crippen LogP contribution in [0.25, 0.3) is 22.2 Å². The Hall–Kier alpha value is -3.63. The standard InChI is InChI=1S/C21H14FN5O2S2/c22-14-9-7-13(8-10-14)12-24-27-20(23)19(31(28,29)17-6-3-11-30-17)18-21(27)26-16-5-2-1-4-15(16)25-18/h1-12H,23H2/b24-12-. The molecule has 5 rings (SSSR count). The van der Waals surface area contributed by atoms with E-state index in [1.54, 1.807) is 41.8 Å². The topological polar surface area (TPSA) is 103 Å². The number of nitrogen functional groups attached to an aromatic ring is 1. The van der Waals surface area contributed by atoms with E-state index in [1.165, 1.54) is 29.1 Å². The van der Waals surface area contributed by atoms with Crippen molar-refractivity contribution in [2.75, 3.05) is 5.73 Å². The van der Waals surface area contributed by atoms with Crippen LogP contribution in [-0.2, 0) is 9.84 Å². The maximum absolute atomic E-state index is 13.3. The van der Waals surface area contributed by atoms with Gasteiger partial charge in [-0.2, -0.15) is 9.78 Å². The lowest BCUT2D eigenvalue weighted by atomic mass is 10.2. The molecule has 31 heavy (non-hydrogen) atoms. The van der Waals surface area contributed by atoms with Crippen molar-refractivity contribution in [3.8, 4) is 0 Å². The van der Waals surface area contributed by atoms with Crippen molar-refractivity contribution in [3.63, 3.8) is 0 Å². The quantitative estimate of drug-likeness (QED) is 0.415. The average Bonchev–Trinajstić information content (AvgIpc) is 3.39. The molecule has 0 spiro atoms. The van der Waals surface area contributed by atoms with Gasteiger partial charge in [0.15, 0.2) is 5.65 Å². The van der Waals surface area contributed by atoms with E-state index in [2.05, 4.69) is 15.1 Å². The minimum atomic E-state index is -3.94. The van der Waals surface area contributed by atoms with Crippen LogP contribution in [0.4, 0.5) is 10.2 Å². The molecule has 3 aromatic heterocycles. The van der Waals surface area contributed by atoms with Gasteiger partial charge in [0.05, 0.1) is 17.2 Å². The fourth-order valence-corrected chi connectivity index (χ4v) is 5.78. The van der Waals surface area contributed by atoms with Crippen LogP contribution in [0.2, 0.25) is 0 Å². The number of rotatable bonds is 4. The molecule has 2 aromatic carbocycles. The minimum absolute atomic E-state index is 0.0999. The van der Waals surface area contributed by atoms with E-state index in [-0.39, 0.29) is 31.9 Å². The van der Waals surface area contributed by atoms with Crippen LogP contribution in [0.3, 0.4) is 0 Å². The van der Waals surface area contributed by atoms with Gasteiger partial charge in [0.25, 0.3) is 0 Å². The van der Waals surface area contributed by atoms with Gasteiger partial charge in [-0.1, -0.05) is 30.3 Å². The normalized spacial score (nSPS) is 12.3. The number of halogens is 1. The van der Waals surface area contributed by atoms with Gasteiger partial charge in [0.1, 0.15) is 26.3 Å². The van der Waals surface area contributed by atoms with Gasteiger partial charge in [-0.05, 0) is 41.3 Å². The summed E-state index contributed by atoms with van der Waals surface area (Å²) in [6.07, 6.45) is 1.45. The second kappa shape index (κ2) is 7.25. The smallest absolute Gasteiger partial charge is 0.221 e. The number of hydrogen-bond acceptors (Lipinski definition) is 7. The van der Waals surface area contributed by atoms with Crippen molar-refractivity contribution in [3.05, 3.63) is 77.4 Å². The maximum atomic E-state index is 13.3. The molecular formula is C21H14FN5O2S2. The van der Waals surface area contributed by atoms with Crippen LogP contribution in [0.1, 0.15) is 5.56 Å². The first-order chi connectivity index (χ1) is 14.9. The summed E-state index contributed by atoms with van der Waals surface area (Å²) in [4.78, 5) is 8.97. The fourth-order valence-electron chi connectivity index (χ4n) is 3.19. The molecule has 5 aromatic rings. The summed E-state index contributed by atoms with van der Waals surface area (Å²) in [6, 6.07) is 16.0. The van der Waals surface area contributed by atoms with Crippen molar-refractivity contribution in [2.24, 2.45) is 5.10 Å². The molecule has 0 bridgehead atoms. The van der Waals surface area contributed by atoms with Gasteiger partial charge in [0, 0.05) is 0 Å². The molecule has 2 N–H and O–H groups in total. The highest BCUT2D eigenvalue weighted by molar-refractivity contribution is 7.93. The number of thiophene rings is 1. The van der Waals surface area contributed by atoms with E-state index in [4.69, 9.17) is 5.73 Å². The number of hydrogen-bond donors (Lipinski definition) is 1. The Kier molecular flexibility index (Phi) is 4.53. The lowest BCUT2D eigenvalue weighted by molar-refractivity contribution is 0.599. The van der Waals surface area contributed by atoms with Crippen LogP contribution in [0.15, 0.2) is 80.2 Å². The van der Waals surface area contributed by atoms with Crippen molar-refractivity contribution < 1.29 is 12.8 Å². The second-order valence-electron chi connectivity index (χ2n) is 6.64. The largest absolute Gasteiger partial charge is 0.382 e. The van der Waals surface area contributed by atoms with Gasteiger partial charge in [0.2, 0.25) is 9.84 Å². The lowest BCUT2D eigenvalue weighted by Crippen LogP contribution is -2.05. The SMILES string of the molecule is Nc1c(S(=O)(=O)c2cccs2)c2nc3ccccc3nc2n1/N=C\c1ccc(F)cc1. The van der Waals surface area contributed by atoms with Crippen molar-refractivity contribution in [2.45, 2.75) is 9.10 Å². The molecule has 10 heteroatoms. The molecule has 0 aliphatic carbocycles. The van der Waals surface area contributed by atoms with Crippen LogP contribution in [0.5, 0.6) is 0 Å². The Morgan fingerprint density at radius 2 is 1.71 bits per heavy atom. The molecule has 0 unspecified atom stereocenters. The first-order valence-electron chi connectivity index (χ1n) is 9.10. The maximum Gasteiger partial charge on any atom is 0.221 e. The Labute approximate surface area is 180 Å². The van der Waals surface area contributed by atoms with Gasteiger partial charge in [-0.3, -0.25) is 0 Å². The summed E-state index contributed by atoms with van der Waals surface area (Å²) < 4.78 is 41.3. The molecule has 154 valence electrons. The monoisotopic (exact) mass is 451 g/mol. The molecule has 0 aliphatic rings. The Balaban J connectivity index is 1.80. The molecule has 0 atom stereocenters. The van der Waals surface area contributed by atoms with E-state index >= 15 is 0 Å². The third-order valence-corrected chi connectivity index (χ3v) is 7.86. The number of benzene rings is 2. The number of nitrogens with zero attached hydrogens (tertiary/aromatic N) is 4. The summed E-state index contributed by atoms with van der Waals surface area (Å²) in [5.41, 5.74) is 8.37. The number of nitrogens with two attached hydrogens (primary N) is 1. The minimum Gasteiger partial charge on any atom is -0.382 e. The second-order valence-corrected chi connectivity index (χ2v) is 9.70. The zero-order valence-electron chi connectivity index (χ0n) is 15.8. The highest BCUT2D eigenvalue weighted by Crippen LogP contribution is 2.36. The molecule has 3 heterocycles. The summed E-state index contributed by atoms with van der Waals surface area (Å²) in [5.74, 6) is -0.471. The molecule has 7 nitrogen and oxygen atoms in total. The Bertz CT molecular complexity index is 1560. The molecule has 0 fully saturated rings. The van der Waals surface area contributed by atoms with E-state index in [0.29, 0.717) is 16.6 Å². The fraction of sp³-hybridized carbons (Fsp3) is 0. The van der Waals surface area contributed by atoms with Gasteiger partial charge >= 0.3 is 0 Å². The van der Waals surface area contributed by atoms with Crippen molar-refractivity contribution >= 4 is 55.4 Å². The number of sulfone groups is 1. The predicted octanol–water partition coefficient (Wildman–Crippen LogP) is 4.08. The number of aromatic nitrogens is 3. The van der Waals surface area contributed by atoms with E-state index in [9.17, 15) is 12.8 Å². The number of para-hydroxylation sites is 2. The van der Waals surface area contributed by atoms with Crippen LogP contribution >= 0.6 is 11.3 Å². The number of fused-ring (bicyclic) bond motifs is 2. The highest BCUT2D eigenvalue weighted by atomic mass is 32.2. The molecule has 0 radical (unpaired) electrons. The van der Waals surface area contributed by atoms with Crippen molar-refractivity contribution in [1.29, 1.82) is 0 Å². The van der Waals surface area contributed by atoms with Crippen molar-refractivity contribution in [1.82, 2.24) is 14.6 Å². The molecule has 0 saturated heterocycles. The summed E-state index contributed by atoms with van der Waals surface area (Å²) in [6.45, 7) is 0. The summed E-state index contributed by atoms with van der Waals surface area (Å²) in [7, 11) is -3.94. The van der Waals surface area contributed by atoms with Crippen LogP contribution in [-0.4, -0.2) is 29.3 Å². The van der Waals surface area contributed by atoms with Gasteiger partial charge in [-0.15, -0.1) is 11.3 Å². The molecule has 0 saturated carbocycles. The predicted molar refractivity (Wildman–Crippen MR) is 119 cm³/mol. The summed E-state index contributed by atoms with van der Waals surface area (Å²) in [5, 5.41) is 6.01. The first-order valence-corrected chi connectivity index (χ1v) is 11.5. The third-order valence-electron chi connectivity index (χ3n) is 4.65. The summed E-state index contributed by atoms with van der Waals surface area (Å²) >= 11 is 1.09. The number of anilines is 1. The van der Waals surface area contributed by atoms with E-state index < -0.39 is 9.84 Å². The highest BCUT2D eigenvalue weighted by Gasteiger charge is 2.31. The zero-order valence-corrected chi connectivity index (χ0v) is 17.4. The van der Waals surface area contributed by atoms with E-state index in [0.717, 1.165) is 11.3 Å². The third kappa shape index (κ3) is 3.25. The Morgan fingerprint density at radius 1 is 1.00 bits per heavy atom. The Morgan fingerprint density at radius 3 is 2.39 bits per heavy atom.